The molecule has 0 heterocycles. The molecule has 0 aromatic heterocycles. The van der Waals surface area contributed by atoms with Crippen molar-refractivity contribution in [2.75, 3.05) is 6.54 Å². The first-order valence-electron chi connectivity index (χ1n) is 8.37. The van der Waals surface area contributed by atoms with Crippen LogP contribution in [-0.2, 0) is 4.79 Å². The van der Waals surface area contributed by atoms with Crippen LogP contribution in [0.5, 0.6) is 0 Å². The fourth-order valence-electron chi connectivity index (χ4n) is 2.77. The van der Waals surface area contributed by atoms with Gasteiger partial charge in [-0.05, 0) is 79.3 Å². The van der Waals surface area contributed by atoms with Crippen LogP contribution in [0.3, 0.4) is 0 Å². The topological polar surface area (TPSA) is 29.1 Å². The molecule has 1 N–H and O–H groups in total. The maximum absolute atomic E-state index is 13.6. The average molecular weight is 360 g/mol. The van der Waals surface area contributed by atoms with E-state index in [1.165, 1.54) is 12.1 Å². The van der Waals surface area contributed by atoms with E-state index in [0.717, 1.165) is 34.2 Å². The predicted molar refractivity (Wildman–Crippen MR) is 103 cm³/mol. The van der Waals surface area contributed by atoms with Gasteiger partial charge in [-0.1, -0.05) is 30.7 Å². The zero-order valence-corrected chi connectivity index (χ0v) is 15.8. The number of allylic oxidation sites excluding steroid dienone is 1. The third-order valence-electron chi connectivity index (χ3n) is 4.35. The molecule has 25 heavy (non-hydrogen) atoms. The first kappa shape index (κ1) is 19.2. The average Bonchev–Trinajstić information content (AvgIpc) is 2.60. The van der Waals surface area contributed by atoms with Crippen LogP contribution in [0, 0.1) is 12.7 Å². The van der Waals surface area contributed by atoms with Crippen molar-refractivity contribution >= 4 is 23.1 Å². The molecule has 2 rings (SSSR count). The fraction of sp³-hybridized carbons (Fsp3) is 0.286. The summed E-state index contributed by atoms with van der Waals surface area (Å²) in [5, 5.41) is 3.45. The summed E-state index contributed by atoms with van der Waals surface area (Å²) in [5.74, 6) is -0.369. The van der Waals surface area contributed by atoms with Gasteiger partial charge in [0.05, 0.1) is 0 Å². The zero-order valence-electron chi connectivity index (χ0n) is 15.0. The molecule has 0 saturated heterocycles. The first-order valence-corrected chi connectivity index (χ1v) is 8.75. The Kier molecular flexibility index (Phi) is 6.38. The normalized spacial score (nSPS) is 11.9. The monoisotopic (exact) mass is 359 g/mol. The van der Waals surface area contributed by atoms with Gasteiger partial charge in [0.1, 0.15) is 5.82 Å². The molecule has 1 amide bonds. The Bertz CT molecular complexity index is 827. The molecule has 2 aromatic carbocycles. The van der Waals surface area contributed by atoms with E-state index < -0.39 is 0 Å². The lowest BCUT2D eigenvalue weighted by atomic mass is 9.91. The van der Waals surface area contributed by atoms with Crippen LogP contribution in [0.15, 0.2) is 42.0 Å². The van der Waals surface area contributed by atoms with Crippen LogP contribution in [0.25, 0.3) is 16.7 Å². The maximum atomic E-state index is 13.6. The number of halogens is 2. The Morgan fingerprint density at radius 1 is 1.20 bits per heavy atom. The van der Waals surface area contributed by atoms with Crippen LogP contribution in [0.2, 0.25) is 5.02 Å². The van der Waals surface area contributed by atoms with Crippen molar-refractivity contribution in [2.24, 2.45) is 0 Å². The van der Waals surface area contributed by atoms with Gasteiger partial charge in [0.15, 0.2) is 0 Å². The largest absolute Gasteiger partial charge is 0.352 e. The van der Waals surface area contributed by atoms with Gasteiger partial charge < -0.3 is 5.32 Å². The van der Waals surface area contributed by atoms with Crippen LogP contribution >= 0.6 is 11.6 Å². The van der Waals surface area contributed by atoms with Crippen LogP contribution in [-0.4, -0.2) is 12.5 Å². The van der Waals surface area contributed by atoms with E-state index in [2.05, 4.69) is 5.32 Å². The van der Waals surface area contributed by atoms with Gasteiger partial charge in [0, 0.05) is 17.1 Å². The molecule has 0 aliphatic carbocycles. The molecule has 0 aliphatic rings. The van der Waals surface area contributed by atoms with Crippen molar-refractivity contribution in [1.82, 2.24) is 5.32 Å². The highest BCUT2D eigenvalue weighted by Gasteiger charge is 2.14. The predicted octanol–water partition coefficient (Wildman–Crippen LogP) is 5.77. The van der Waals surface area contributed by atoms with Gasteiger partial charge in [-0.3, -0.25) is 4.79 Å². The highest BCUT2D eigenvalue weighted by molar-refractivity contribution is 6.31. The minimum absolute atomic E-state index is 0.0777. The molecular weight excluding hydrogens is 337 g/mol. The van der Waals surface area contributed by atoms with Crippen molar-refractivity contribution in [3.63, 3.8) is 0 Å². The van der Waals surface area contributed by atoms with Crippen LogP contribution < -0.4 is 5.32 Å². The summed E-state index contributed by atoms with van der Waals surface area (Å²) < 4.78 is 13.6. The Labute approximate surface area is 153 Å². The van der Waals surface area contributed by atoms with E-state index in [4.69, 9.17) is 11.6 Å². The number of benzene rings is 2. The second kappa shape index (κ2) is 8.30. The molecule has 0 saturated carbocycles. The Hall–Kier alpha value is -2.13. The summed E-state index contributed by atoms with van der Waals surface area (Å²) in [4.78, 5) is 12.3. The number of carbonyl (C=O) groups is 1. The standard InChI is InChI=1S/C21H23ClFNO/c1-5-9-24-21(25)14(3)13(2)19-11-17(22)12-20(15(19)4)16-7-6-8-18(23)10-16/h6-8,10-12H,5,9H2,1-4H3,(H,24,25)/b14-13+. The van der Waals surface area contributed by atoms with Crippen molar-refractivity contribution in [3.8, 4) is 11.1 Å². The summed E-state index contributed by atoms with van der Waals surface area (Å²) in [6.45, 7) is 8.34. The summed E-state index contributed by atoms with van der Waals surface area (Å²) in [6, 6.07) is 10.1. The van der Waals surface area contributed by atoms with E-state index >= 15 is 0 Å². The molecule has 0 bridgehead atoms. The number of nitrogens with one attached hydrogen (secondary N) is 1. The highest BCUT2D eigenvalue weighted by Crippen LogP contribution is 2.34. The number of hydrogen-bond acceptors (Lipinski definition) is 1. The Morgan fingerprint density at radius 2 is 1.92 bits per heavy atom. The van der Waals surface area contributed by atoms with Crippen LogP contribution in [0.1, 0.15) is 38.3 Å². The molecule has 0 radical (unpaired) electrons. The molecule has 4 heteroatoms. The third-order valence-corrected chi connectivity index (χ3v) is 4.57. The van der Waals surface area contributed by atoms with Gasteiger partial charge in [0.2, 0.25) is 5.91 Å². The summed E-state index contributed by atoms with van der Waals surface area (Å²) in [7, 11) is 0. The quantitative estimate of drug-likeness (QED) is 0.674. The van der Waals surface area contributed by atoms with Gasteiger partial charge in [-0.15, -0.1) is 0 Å². The van der Waals surface area contributed by atoms with E-state index in [1.807, 2.05) is 45.9 Å². The minimum atomic E-state index is -0.291. The van der Waals surface area contributed by atoms with E-state index in [9.17, 15) is 9.18 Å². The second-order valence-electron chi connectivity index (χ2n) is 6.14. The molecule has 0 fully saturated rings. The van der Waals surface area contributed by atoms with Crippen molar-refractivity contribution in [1.29, 1.82) is 0 Å². The maximum Gasteiger partial charge on any atom is 0.247 e. The summed E-state index contributed by atoms with van der Waals surface area (Å²) in [6.07, 6.45) is 0.887. The van der Waals surface area contributed by atoms with Gasteiger partial charge in [0.25, 0.3) is 0 Å². The lowest BCUT2D eigenvalue weighted by molar-refractivity contribution is -0.117. The zero-order chi connectivity index (χ0) is 18.6. The molecular formula is C21H23ClFNO. The number of rotatable bonds is 5. The second-order valence-corrected chi connectivity index (χ2v) is 6.58. The molecule has 0 spiro atoms. The lowest BCUT2D eigenvalue weighted by Crippen LogP contribution is -2.25. The van der Waals surface area contributed by atoms with Crippen LogP contribution in [0.4, 0.5) is 4.39 Å². The molecule has 0 atom stereocenters. The van der Waals surface area contributed by atoms with Gasteiger partial charge >= 0.3 is 0 Å². The van der Waals surface area contributed by atoms with Crippen molar-refractivity contribution in [3.05, 3.63) is 63.9 Å². The van der Waals surface area contributed by atoms with Crippen molar-refractivity contribution < 1.29 is 9.18 Å². The lowest BCUT2D eigenvalue weighted by Gasteiger charge is -2.16. The molecule has 0 unspecified atom stereocenters. The van der Waals surface area contributed by atoms with Gasteiger partial charge in [-0.2, -0.15) is 0 Å². The Balaban J connectivity index is 2.54. The SMILES string of the molecule is CCCNC(=O)/C(C)=C(\C)c1cc(Cl)cc(-c2cccc(F)c2)c1C. The number of hydrogen-bond donors (Lipinski definition) is 1. The minimum Gasteiger partial charge on any atom is -0.352 e. The first-order chi connectivity index (χ1) is 11.8. The number of carbonyl (C=O) groups excluding carboxylic acids is 1. The summed E-state index contributed by atoms with van der Waals surface area (Å²) in [5.41, 5.74) is 5.02. The number of amides is 1. The van der Waals surface area contributed by atoms with Gasteiger partial charge in [-0.25, -0.2) is 4.39 Å². The van der Waals surface area contributed by atoms with E-state index in [1.54, 1.807) is 6.07 Å². The highest BCUT2D eigenvalue weighted by atomic mass is 35.5. The van der Waals surface area contributed by atoms with E-state index in [-0.39, 0.29) is 11.7 Å². The van der Waals surface area contributed by atoms with Crippen molar-refractivity contribution in [2.45, 2.75) is 34.1 Å². The molecule has 2 aromatic rings. The molecule has 132 valence electrons. The summed E-state index contributed by atoms with van der Waals surface area (Å²) >= 11 is 6.31. The van der Waals surface area contributed by atoms with E-state index in [0.29, 0.717) is 17.1 Å². The fourth-order valence-corrected chi connectivity index (χ4v) is 2.99. The molecule has 0 aliphatic heterocycles. The Morgan fingerprint density at radius 3 is 2.56 bits per heavy atom. The molecule has 2 nitrogen and oxygen atoms in total. The smallest absolute Gasteiger partial charge is 0.247 e. The third kappa shape index (κ3) is 4.49.